The maximum absolute atomic E-state index is 10.9. The van der Waals surface area contributed by atoms with Crippen LogP contribution >= 0.6 is 0 Å². The molecular formula is C10H15N3O5. The van der Waals surface area contributed by atoms with Gasteiger partial charge >= 0.3 is 5.97 Å². The van der Waals surface area contributed by atoms with E-state index in [0.29, 0.717) is 0 Å². The van der Waals surface area contributed by atoms with Gasteiger partial charge in [-0.15, -0.1) is 0 Å². The van der Waals surface area contributed by atoms with Crippen molar-refractivity contribution in [2.45, 2.75) is 6.04 Å². The quantitative estimate of drug-likeness (QED) is 0.704. The first kappa shape index (κ1) is 14.0. The summed E-state index contributed by atoms with van der Waals surface area (Å²) in [7, 11) is 4.29. The first-order valence-electron chi connectivity index (χ1n) is 5.06. The molecule has 0 radical (unpaired) electrons. The summed E-state index contributed by atoms with van der Waals surface area (Å²) in [6.45, 7) is -0.0157. The zero-order chi connectivity index (χ0) is 13.5. The number of rotatable bonds is 7. The number of carboxylic acid groups (broad SMARTS) is 1. The number of ether oxygens (including phenoxy) is 3. The van der Waals surface area contributed by atoms with E-state index in [1.165, 1.54) is 27.4 Å². The molecule has 2 N–H and O–H groups in total. The lowest BCUT2D eigenvalue weighted by molar-refractivity contribution is -0.139. The van der Waals surface area contributed by atoms with Gasteiger partial charge in [0.2, 0.25) is 17.7 Å². The Morgan fingerprint density at radius 3 is 2.28 bits per heavy atom. The molecule has 0 saturated carbocycles. The second kappa shape index (κ2) is 6.60. The molecule has 1 aromatic heterocycles. The van der Waals surface area contributed by atoms with Gasteiger partial charge in [0.15, 0.2) is 6.04 Å². The summed E-state index contributed by atoms with van der Waals surface area (Å²) < 4.78 is 14.7. The fourth-order valence-corrected chi connectivity index (χ4v) is 1.17. The number of nitrogens with one attached hydrogen (secondary N) is 1. The monoisotopic (exact) mass is 257 g/mol. The van der Waals surface area contributed by atoms with E-state index in [0.717, 1.165) is 0 Å². The van der Waals surface area contributed by atoms with E-state index < -0.39 is 12.0 Å². The molecule has 8 nitrogen and oxygen atoms in total. The topological polar surface area (TPSA) is 103 Å². The van der Waals surface area contributed by atoms with Gasteiger partial charge in [-0.05, 0) is 0 Å². The van der Waals surface area contributed by atoms with Crippen LogP contribution in [0.4, 0.5) is 5.95 Å². The number of anilines is 1. The molecule has 0 saturated heterocycles. The van der Waals surface area contributed by atoms with E-state index in [-0.39, 0.29) is 24.3 Å². The second-order valence-corrected chi connectivity index (χ2v) is 3.27. The Kier molecular flexibility index (Phi) is 5.12. The summed E-state index contributed by atoms with van der Waals surface area (Å²) in [5, 5.41) is 11.6. The van der Waals surface area contributed by atoms with Gasteiger partial charge in [0.05, 0.1) is 26.9 Å². The van der Waals surface area contributed by atoms with Gasteiger partial charge in [-0.3, -0.25) is 0 Å². The molecule has 0 bridgehead atoms. The molecular weight excluding hydrogens is 242 g/mol. The Hall–Kier alpha value is -2.09. The Morgan fingerprint density at radius 2 is 1.89 bits per heavy atom. The predicted molar refractivity (Wildman–Crippen MR) is 62.1 cm³/mol. The van der Waals surface area contributed by atoms with Crippen molar-refractivity contribution in [2.75, 3.05) is 33.3 Å². The minimum atomic E-state index is -1.07. The van der Waals surface area contributed by atoms with E-state index >= 15 is 0 Å². The highest BCUT2D eigenvalue weighted by Crippen LogP contribution is 2.17. The molecule has 1 unspecified atom stereocenters. The molecule has 18 heavy (non-hydrogen) atoms. The molecule has 1 aromatic rings. The predicted octanol–water partition coefficient (Wildman–Crippen LogP) is 0.00530. The molecule has 0 aliphatic carbocycles. The average Bonchev–Trinajstić information content (AvgIpc) is 2.37. The van der Waals surface area contributed by atoms with E-state index in [4.69, 9.17) is 19.3 Å². The normalized spacial score (nSPS) is 11.7. The minimum absolute atomic E-state index is 0.0157. The molecule has 0 aliphatic heterocycles. The molecule has 0 aliphatic rings. The highest BCUT2D eigenvalue weighted by atomic mass is 16.5. The van der Waals surface area contributed by atoms with Crippen LogP contribution in [0.5, 0.6) is 11.8 Å². The summed E-state index contributed by atoms with van der Waals surface area (Å²) in [6.07, 6.45) is 0. The number of aromatic nitrogens is 2. The highest BCUT2D eigenvalue weighted by Gasteiger charge is 2.19. The largest absolute Gasteiger partial charge is 0.481 e. The Balaban J connectivity index is 2.90. The zero-order valence-electron chi connectivity index (χ0n) is 10.3. The molecule has 100 valence electrons. The van der Waals surface area contributed by atoms with Crippen LogP contribution in [0.3, 0.4) is 0 Å². The molecule has 0 amide bonds. The first-order valence-corrected chi connectivity index (χ1v) is 5.06. The fraction of sp³-hybridized carbons (Fsp3) is 0.500. The van der Waals surface area contributed by atoms with Crippen LogP contribution in [0, 0.1) is 0 Å². The lowest BCUT2D eigenvalue weighted by Gasteiger charge is -2.14. The van der Waals surface area contributed by atoms with Crippen LogP contribution < -0.4 is 14.8 Å². The number of carboxylic acids is 1. The lowest BCUT2D eigenvalue weighted by atomic mass is 10.3. The number of methoxy groups -OCH3 is 3. The van der Waals surface area contributed by atoms with Crippen LogP contribution in [-0.4, -0.2) is 55.0 Å². The lowest BCUT2D eigenvalue weighted by Crippen LogP contribution is -2.34. The maximum Gasteiger partial charge on any atom is 0.328 e. The van der Waals surface area contributed by atoms with Gasteiger partial charge in [0.1, 0.15) is 0 Å². The summed E-state index contributed by atoms with van der Waals surface area (Å²) in [6, 6.07) is 0.531. The molecule has 0 spiro atoms. The smallest absolute Gasteiger partial charge is 0.328 e. The number of nitrogens with zero attached hydrogens (tertiary/aromatic N) is 2. The standard InChI is InChI=1S/C10H15N3O5/c1-16-5-6(9(14)15)11-10-12-7(17-2)4-8(13-10)18-3/h4,6H,5H2,1-3H3,(H,14,15)(H,11,12,13). The van der Waals surface area contributed by atoms with Gasteiger partial charge < -0.3 is 24.6 Å². The van der Waals surface area contributed by atoms with Crippen molar-refractivity contribution in [3.05, 3.63) is 6.07 Å². The Morgan fingerprint density at radius 1 is 1.33 bits per heavy atom. The summed E-state index contributed by atoms with van der Waals surface area (Å²) >= 11 is 0. The van der Waals surface area contributed by atoms with Crippen molar-refractivity contribution in [1.29, 1.82) is 0 Å². The third kappa shape index (κ3) is 3.74. The van der Waals surface area contributed by atoms with Gasteiger partial charge in [-0.25, -0.2) is 4.79 Å². The first-order chi connectivity index (χ1) is 8.60. The van der Waals surface area contributed by atoms with Crippen LogP contribution in [0.15, 0.2) is 6.07 Å². The molecule has 0 aromatic carbocycles. The number of hydrogen-bond acceptors (Lipinski definition) is 7. The van der Waals surface area contributed by atoms with Crippen LogP contribution in [0.25, 0.3) is 0 Å². The van der Waals surface area contributed by atoms with Gasteiger partial charge in [0, 0.05) is 7.11 Å². The van der Waals surface area contributed by atoms with E-state index in [1.807, 2.05) is 0 Å². The number of hydrogen-bond donors (Lipinski definition) is 2. The van der Waals surface area contributed by atoms with E-state index in [9.17, 15) is 4.79 Å². The molecule has 1 rings (SSSR count). The van der Waals surface area contributed by atoms with E-state index in [1.54, 1.807) is 0 Å². The molecule has 1 atom stereocenters. The summed E-state index contributed by atoms with van der Waals surface area (Å²) in [5.41, 5.74) is 0. The van der Waals surface area contributed by atoms with Crippen LogP contribution in [0.1, 0.15) is 0 Å². The fourth-order valence-electron chi connectivity index (χ4n) is 1.17. The second-order valence-electron chi connectivity index (χ2n) is 3.27. The van der Waals surface area contributed by atoms with Crippen molar-refractivity contribution < 1.29 is 24.1 Å². The van der Waals surface area contributed by atoms with Gasteiger partial charge in [-0.1, -0.05) is 0 Å². The van der Waals surface area contributed by atoms with Crippen molar-refractivity contribution in [3.8, 4) is 11.8 Å². The third-order valence-corrected chi connectivity index (χ3v) is 2.03. The highest BCUT2D eigenvalue weighted by molar-refractivity contribution is 5.76. The van der Waals surface area contributed by atoms with Crippen LogP contribution in [0.2, 0.25) is 0 Å². The Labute approximate surface area is 104 Å². The minimum Gasteiger partial charge on any atom is -0.481 e. The number of carbonyl (C=O) groups is 1. The zero-order valence-corrected chi connectivity index (χ0v) is 10.3. The van der Waals surface area contributed by atoms with E-state index in [2.05, 4.69) is 15.3 Å². The van der Waals surface area contributed by atoms with Crippen molar-refractivity contribution >= 4 is 11.9 Å². The van der Waals surface area contributed by atoms with Crippen molar-refractivity contribution in [2.24, 2.45) is 0 Å². The van der Waals surface area contributed by atoms with Crippen LogP contribution in [-0.2, 0) is 9.53 Å². The molecule has 0 fully saturated rings. The van der Waals surface area contributed by atoms with Crippen molar-refractivity contribution in [1.82, 2.24) is 9.97 Å². The summed E-state index contributed by atoms with van der Waals surface area (Å²) in [4.78, 5) is 18.9. The average molecular weight is 257 g/mol. The Bertz CT molecular complexity index is 390. The van der Waals surface area contributed by atoms with Crippen molar-refractivity contribution in [3.63, 3.8) is 0 Å². The van der Waals surface area contributed by atoms with Gasteiger partial charge in [0.25, 0.3) is 0 Å². The molecule has 8 heteroatoms. The third-order valence-electron chi connectivity index (χ3n) is 2.03. The van der Waals surface area contributed by atoms with Gasteiger partial charge in [-0.2, -0.15) is 9.97 Å². The number of aliphatic carboxylic acids is 1. The summed E-state index contributed by atoms with van der Waals surface area (Å²) in [5.74, 6) is -0.435. The molecule has 1 heterocycles. The SMILES string of the molecule is COCC(Nc1nc(OC)cc(OC)n1)C(=O)O. The maximum atomic E-state index is 10.9.